The van der Waals surface area contributed by atoms with E-state index in [0.29, 0.717) is 10.5 Å². The number of thioether (sulfide) groups is 1. The molecule has 0 aliphatic carbocycles. The number of rotatable bonds is 6. The van der Waals surface area contributed by atoms with Crippen molar-refractivity contribution in [3.63, 3.8) is 0 Å². The van der Waals surface area contributed by atoms with E-state index in [4.69, 9.17) is 4.74 Å². The first-order chi connectivity index (χ1) is 10.9. The lowest BCUT2D eigenvalue weighted by atomic mass is 10.1. The third-order valence-corrected chi connectivity index (χ3v) is 4.35. The fourth-order valence-corrected chi connectivity index (χ4v) is 3.36. The van der Waals surface area contributed by atoms with E-state index in [-0.39, 0.29) is 24.0 Å². The molecular weight excluding hydrogens is 310 g/mol. The van der Waals surface area contributed by atoms with Gasteiger partial charge in [0.15, 0.2) is 0 Å². The van der Waals surface area contributed by atoms with Gasteiger partial charge in [-0.15, -0.1) is 11.8 Å². The van der Waals surface area contributed by atoms with Crippen molar-refractivity contribution in [3.8, 4) is 5.75 Å². The molecule has 0 saturated carbocycles. The van der Waals surface area contributed by atoms with Gasteiger partial charge in [-0.25, -0.2) is 0 Å². The number of ether oxygens (including phenoxy) is 1. The minimum absolute atomic E-state index is 0.0948. The predicted molar refractivity (Wildman–Crippen MR) is 94.2 cm³/mol. The number of hydrogen-bond acceptors (Lipinski definition) is 4. The van der Waals surface area contributed by atoms with E-state index >= 15 is 0 Å². The maximum absolute atomic E-state index is 12.7. The fraction of sp³-hybridized carbons (Fsp3) is 0.444. The summed E-state index contributed by atoms with van der Waals surface area (Å²) in [6.45, 7) is 9.61. The van der Waals surface area contributed by atoms with Gasteiger partial charge in [0, 0.05) is 6.04 Å². The van der Waals surface area contributed by atoms with Gasteiger partial charge >= 0.3 is 0 Å². The van der Waals surface area contributed by atoms with Crippen LogP contribution in [-0.4, -0.2) is 34.6 Å². The van der Waals surface area contributed by atoms with Gasteiger partial charge in [0.25, 0.3) is 11.8 Å². The first-order valence-electron chi connectivity index (χ1n) is 7.88. The molecule has 5 heteroatoms. The van der Waals surface area contributed by atoms with Crippen LogP contribution in [0, 0.1) is 0 Å². The van der Waals surface area contributed by atoms with Gasteiger partial charge < -0.3 is 4.74 Å². The van der Waals surface area contributed by atoms with Gasteiger partial charge in [0.1, 0.15) is 5.75 Å². The molecule has 1 heterocycles. The zero-order valence-corrected chi connectivity index (χ0v) is 15.1. The summed E-state index contributed by atoms with van der Waals surface area (Å²) in [6.07, 6.45) is 0.0948. The number of benzene rings is 1. The molecule has 0 radical (unpaired) electrons. The molecule has 23 heavy (non-hydrogen) atoms. The molecule has 1 aromatic rings. The van der Waals surface area contributed by atoms with Crippen LogP contribution in [-0.2, 0) is 9.59 Å². The first-order valence-corrected chi connectivity index (χ1v) is 8.87. The summed E-state index contributed by atoms with van der Waals surface area (Å²) in [7, 11) is 0. The molecule has 0 spiro atoms. The van der Waals surface area contributed by atoms with E-state index in [1.165, 1.54) is 16.7 Å². The van der Waals surface area contributed by atoms with Crippen LogP contribution >= 0.6 is 11.8 Å². The van der Waals surface area contributed by atoms with Crippen LogP contribution in [0.15, 0.2) is 29.2 Å². The molecule has 0 bridgehead atoms. The minimum Gasteiger partial charge on any atom is -0.491 e. The Morgan fingerprint density at radius 1 is 1.04 bits per heavy atom. The normalized spacial score (nSPS) is 15.3. The van der Waals surface area contributed by atoms with Crippen molar-refractivity contribution < 1.29 is 14.3 Å². The topological polar surface area (TPSA) is 46.6 Å². The lowest BCUT2D eigenvalue weighted by molar-refractivity contribution is -0.138. The Bertz CT molecular complexity index is 632. The standard InChI is InChI=1S/C18H23NO3S/c1-6-23-16-15(17(20)19(11(2)3)18(16)21)13-7-9-14(10-8-13)22-12(4)5/h7-12H,6H2,1-5H3. The number of imide groups is 1. The summed E-state index contributed by atoms with van der Waals surface area (Å²) < 4.78 is 5.63. The summed E-state index contributed by atoms with van der Waals surface area (Å²) in [4.78, 5) is 27.1. The maximum Gasteiger partial charge on any atom is 0.268 e. The number of nitrogens with zero attached hydrogens (tertiary/aromatic N) is 1. The van der Waals surface area contributed by atoms with Crippen molar-refractivity contribution in [3.05, 3.63) is 34.7 Å². The highest BCUT2D eigenvalue weighted by Crippen LogP contribution is 2.37. The molecule has 0 saturated heterocycles. The Labute approximate surface area is 141 Å². The molecular formula is C18H23NO3S. The monoisotopic (exact) mass is 333 g/mol. The summed E-state index contributed by atoms with van der Waals surface area (Å²) in [5, 5.41) is 0. The number of carbonyl (C=O) groups excluding carboxylic acids is 2. The van der Waals surface area contributed by atoms with Crippen LogP contribution in [0.2, 0.25) is 0 Å². The lowest BCUT2D eigenvalue weighted by Gasteiger charge is -2.19. The van der Waals surface area contributed by atoms with E-state index in [0.717, 1.165) is 17.1 Å². The molecule has 2 amide bonds. The minimum atomic E-state index is -0.210. The van der Waals surface area contributed by atoms with Crippen LogP contribution in [0.25, 0.3) is 5.57 Å². The fourth-order valence-electron chi connectivity index (χ4n) is 2.50. The van der Waals surface area contributed by atoms with E-state index in [9.17, 15) is 9.59 Å². The van der Waals surface area contributed by atoms with Gasteiger partial charge in [-0.2, -0.15) is 0 Å². The predicted octanol–water partition coefficient (Wildman–Crippen LogP) is 3.72. The second-order valence-electron chi connectivity index (χ2n) is 5.90. The highest BCUT2D eigenvalue weighted by Gasteiger charge is 2.40. The van der Waals surface area contributed by atoms with Crippen LogP contribution in [0.4, 0.5) is 0 Å². The Balaban J connectivity index is 2.41. The van der Waals surface area contributed by atoms with Gasteiger partial charge in [0.05, 0.1) is 16.6 Å². The number of hydrogen-bond donors (Lipinski definition) is 0. The molecule has 0 aromatic heterocycles. The van der Waals surface area contributed by atoms with E-state index in [1.807, 2.05) is 58.9 Å². The zero-order valence-electron chi connectivity index (χ0n) is 14.3. The van der Waals surface area contributed by atoms with Crippen molar-refractivity contribution in [2.45, 2.75) is 46.8 Å². The quantitative estimate of drug-likeness (QED) is 0.745. The summed E-state index contributed by atoms with van der Waals surface area (Å²) in [5.41, 5.74) is 1.27. The summed E-state index contributed by atoms with van der Waals surface area (Å²) in [5.74, 6) is 1.11. The van der Waals surface area contributed by atoms with Crippen LogP contribution in [0.3, 0.4) is 0 Å². The second-order valence-corrected chi connectivity index (χ2v) is 7.18. The first kappa shape index (κ1) is 17.6. The van der Waals surface area contributed by atoms with Gasteiger partial charge in [-0.3, -0.25) is 14.5 Å². The molecule has 1 aromatic carbocycles. The third-order valence-electron chi connectivity index (χ3n) is 3.39. The summed E-state index contributed by atoms with van der Waals surface area (Å²) >= 11 is 1.43. The molecule has 1 aliphatic heterocycles. The molecule has 0 fully saturated rings. The molecule has 0 atom stereocenters. The highest BCUT2D eigenvalue weighted by molar-refractivity contribution is 8.04. The lowest BCUT2D eigenvalue weighted by Crippen LogP contribution is -2.37. The summed E-state index contributed by atoms with van der Waals surface area (Å²) in [6, 6.07) is 7.22. The van der Waals surface area contributed by atoms with Crippen molar-refractivity contribution in [2.75, 3.05) is 5.75 Å². The molecule has 0 unspecified atom stereocenters. The Morgan fingerprint density at radius 3 is 2.13 bits per heavy atom. The van der Waals surface area contributed by atoms with Crippen LogP contribution < -0.4 is 4.74 Å². The Hall–Kier alpha value is -1.75. The third kappa shape index (κ3) is 3.61. The number of carbonyl (C=O) groups is 2. The molecule has 1 aliphatic rings. The van der Waals surface area contributed by atoms with E-state index in [2.05, 4.69) is 0 Å². The molecule has 124 valence electrons. The van der Waals surface area contributed by atoms with Crippen molar-refractivity contribution in [1.82, 2.24) is 4.90 Å². The van der Waals surface area contributed by atoms with Crippen molar-refractivity contribution in [2.24, 2.45) is 0 Å². The number of amides is 2. The molecule has 2 rings (SSSR count). The van der Waals surface area contributed by atoms with E-state index in [1.54, 1.807) is 0 Å². The average Bonchev–Trinajstić information content (AvgIpc) is 2.71. The van der Waals surface area contributed by atoms with E-state index < -0.39 is 0 Å². The Kier molecular flexibility index (Phi) is 5.52. The Morgan fingerprint density at radius 2 is 1.65 bits per heavy atom. The largest absolute Gasteiger partial charge is 0.491 e. The smallest absolute Gasteiger partial charge is 0.268 e. The van der Waals surface area contributed by atoms with Crippen LogP contribution in [0.1, 0.15) is 40.2 Å². The molecule has 4 nitrogen and oxygen atoms in total. The van der Waals surface area contributed by atoms with Gasteiger partial charge in [0.2, 0.25) is 0 Å². The van der Waals surface area contributed by atoms with Gasteiger partial charge in [-0.1, -0.05) is 19.1 Å². The maximum atomic E-state index is 12.7. The van der Waals surface area contributed by atoms with Gasteiger partial charge in [-0.05, 0) is 51.1 Å². The van der Waals surface area contributed by atoms with Crippen LogP contribution in [0.5, 0.6) is 5.75 Å². The van der Waals surface area contributed by atoms with Crippen molar-refractivity contribution >= 4 is 29.1 Å². The zero-order chi connectivity index (χ0) is 17.1. The molecule has 0 N–H and O–H groups in total. The SMILES string of the molecule is CCSC1=C(c2ccc(OC(C)C)cc2)C(=O)N(C(C)C)C1=O. The van der Waals surface area contributed by atoms with Crippen molar-refractivity contribution in [1.29, 1.82) is 0 Å². The highest BCUT2D eigenvalue weighted by atomic mass is 32.2. The second kappa shape index (κ2) is 7.21. The average molecular weight is 333 g/mol.